The first kappa shape index (κ1) is 15.9. The quantitative estimate of drug-likeness (QED) is 0.686. The lowest BCUT2D eigenvalue weighted by molar-refractivity contribution is -0.181. The number of nitrogens with zero attached hydrogens (tertiary/aromatic N) is 2. The Balaban J connectivity index is 1.51. The van der Waals surface area contributed by atoms with Gasteiger partial charge in [-0.25, -0.2) is 4.68 Å². The molecule has 0 saturated heterocycles. The molecule has 2 saturated carbocycles. The highest BCUT2D eigenvalue weighted by molar-refractivity contribution is 6.10. The van der Waals surface area contributed by atoms with Crippen molar-refractivity contribution in [3.63, 3.8) is 0 Å². The number of methoxy groups -OCH3 is 1. The summed E-state index contributed by atoms with van der Waals surface area (Å²) >= 11 is 0. The molecule has 2 aliphatic rings. The molecule has 2 aliphatic carbocycles. The standard InChI is InChI=1S/C19H21N3O3/c1-25-17(24)19(12-18(13-19)8-5-9-18)16(23)21-14-10-20-22(11-14)15-6-3-2-4-7-15/h2-4,6-7,10-11H,5,8-9,12-13H2,1H3,(H,21,23). The number of hydrogen-bond donors (Lipinski definition) is 1. The van der Waals surface area contributed by atoms with Gasteiger partial charge in [-0.3, -0.25) is 9.59 Å². The van der Waals surface area contributed by atoms with Gasteiger partial charge in [-0.15, -0.1) is 0 Å². The van der Waals surface area contributed by atoms with Gasteiger partial charge in [0.05, 0.1) is 30.9 Å². The van der Waals surface area contributed by atoms with E-state index in [1.165, 1.54) is 13.5 Å². The zero-order valence-electron chi connectivity index (χ0n) is 14.2. The van der Waals surface area contributed by atoms with E-state index in [9.17, 15) is 9.59 Å². The van der Waals surface area contributed by atoms with Crippen molar-refractivity contribution in [1.29, 1.82) is 0 Å². The molecule has 0 radical (unpaired) electrons. The van der Waals surface area contributed by atoms with Gasteiger partial charge in [-0.1, -0.05) is 24.6 Å². The van der Waals surface area contributed by atoms with Crippen LogP contribution in [0.4, 0.5) is 5.69 Å². The molecule has 0 unspecified atom stereocenters. The molecule has 0 atom stereocenters. The summed E-state index contributed by atoms with van der Waals surface area (Å²) in [7, 11) is 1.34. The van der Waals surface area contributed by atoms with Gasteiger partial charge in [0.25, 0.3) is 0 Å². The van der Waals surface area contributed by atoms with Crippen LogP contribution in [-0.2, 0) is 14.3 Å². The van der Waals surface area contributed by atoms with E-state index in [1.54, 1.807) is 17.1 Å². The first-order chi connectivity index (χ1) is 12.1. The number of amides is 1. The van der Waals surface area contributed by atoms with Crippen LogP contribution >= 0.6 is 0 Å². The zero-order chi connectivity index (χ0) is 17.5. The smallest absolute Gasteiger partial charge is 0.321 e. The summed E-state index contributed by atoms with van der Waals surface area (Å²) in [6, 6.07) is 9.65. The fourth-order valence-corrected chi connectivity index (χ4v) is 4.21. The van der Waals surface area contributed by atoms with Crippen molar-refractivity contribution in [2.24, 2.45) is 10.8 Å². The van der Waals surface area contributed by atoms with Crippen LogP contribution in [0.15, 0.2) is 42.7 Å². The summed E-state index contributed by atoms with van der Waals surface area (Å²) in [6.45, 7) is 0. The number of carbonyl (C=O) groups is 2. The zero-order valence-corrected chi connectivity index (χ0v) is 14.2. The molecule has 1 aromatic heterocycles. The number of aromatic nitrogens is 2. The van der Waals surface area contributed by atoms with Crippen LogP contribution in [0.5, 0.6) is 0 Å². The molecule has 130 valence electrons. The van der Waals surface area contributed by atoms with Crippen molar-refractivity contribution in [1.82, 2.24) is 9.78 Å². The minimum absolute atomic E-state index is 0.180. The van der Waals surface area contributed by atoms with Gasteiger partial charge in [0.2, 0.25) is 5.91 Å². The summed E-state index contributed by atoms with van der Waals surface area (Å²) in [5.41, 5.74) is 0.610. The van der Waals surface area contributed by atoms with E-state index in [1.807, 2.05) is 30.3 Å². The topological polar surface area (TPSA) is 73.2 Å². The van der Waals surface area contributed by atoms with Crippen molar-refractivity contribution >= 4 is 17.6 Å². The van der Waals surface area contributed by atoms with E-state index in [0.29, 0.717) is 18.5 Å². The van der Waals surface area contributed by atoms with Gasteiger partial charge in [-0.2, -0.15) is 5.10 Å². The molecule has 4 rings (SSSR count). The lowest BCUT2D eigenvalue weighted by Crippen LogP contribution is -2.60. The van der Waals surface area contributed by atoms with E-state index in [2.05, 4.69) is 10.4 Å². The van der Waals surface area contributed by atoms with Gasteiger partial charge >= 0.3 is 5.97 Å². The molecular formula is C19H21N3O3. The molecule has 1 aromatic carbocycles. The van der Waals surface area contributed by atoms with Gasteiger partial charge < -0.3 is 10.1 Å². The van der Waals surface area contributed by atoms with E-state index in [4.69, 9.17) is 4.74 Å². The second-order valence-corrected chi connectivity index (χ2v) is 7.24. The normalized spacial score (nSPS) is 19.6. The predicted molar refractivity (Wildman–Crippen MR) is 92.2 cm³/mol. The average molecular weight is 339 g/mol. The minimum Gasteiger partial charge on any atom is -0.468 e. The summed E-state index contributed by atoms with van der Waals surface area (Å²) in [5.74, 6) is -0.720. The molecular weight excluding hydrogens is 318 g/mol. The van der Waals surface area contributed by atoms with Crippen molar-refractivity contribution in [2.75, 3.05) is 12.4 Å². The first-order valence-corrected chi connectivity index (χ1v) is 8.57. The van der Waals surface area contributed by atoms with Crippen LogP contribution in [0.2, 0.25) is 0 Å². The maximum Gasteiger partial charge on any atom is 0.321 e. The van der Waals surface area contributed by atoms with E-state index >= 15 is 0 Å². The predicted octanol–water partition coefficient (Wildman–Crippen LogP) is 2.93. The lowest BCUT2D eigenvalue weighted by atomic mass is 9.45. The Hall–Kier alpha value is -2.63. The maximum absolute atomic E-state index is 12.8. The fraction of sp³-hybridized carbons (Fsp3) is 0.421. The van der Waals surface area contributed by atoms with Crippen LogP contribution in [0.3, 0.4) is 0 Å². The van der Waals surface area contributed by atoms with Crippen LogP contribution in [0.1, 0.15) is 32.1 Å². The lowest BCUT2D eigenvalue weighted by Gasteiger charge is -2.58. The number of hydrogen-bond acceptors (Lipinski definition) is 4. The van der Waals surface area contributed by atoms with E-state index in [0.717, 1.165) is 18.5 Å². The van der Waals surface area contributed by atoms with Crippen LogP contribution in [-0.4, -0.2) is 28.8 Å². The Kier molecular flexibility index (Phi) is 3.63. The second-order valence-electron chi connectivity index (χ2n) is 7.24. The van der Waals surface area contributed by atoms with Gasteiger partial charge in [0.1, 0.15) is 5.41 Å². The average Bonchev–Trinajstić information content (AvgIpc) is 3.01. The molecule has 2 aromatic rings. The third kappa shape index (κ3) is 2.52. The van der Waals surface area contributed by atoms with E-state index < -0.39 is 11.4 Å². The third-order valence-electron chi connectivity index (χ3n) is 5.64. The maximum atomic E-state index is 12.8. The highest BCUT2D eigenvalue weighted by Crippen LogP contribution is 2.65. The number of nitrogens with one attached hydrogen (secondary N) is 1. The molecule has 1 amide bonds. The van der Waals surface area contributed by atoms with Crippen molar-refractivity contribution in [2.45, 2.75) is 32.1 Å². The van der Waals surface area contributed by atoms with Crippen molar-refractivity contribution in [3.8, 4) is 5.69 Å². The number of para-hydroxylation sites is 1. The first-order valence-electron chi connectivity index (χ1n) is 8.57. The monoisotopic (exact) mass is 339 g/mol. The molecule has 25 heavy (non-hydrogen) atoms. The van der Waals surface area contributed by atoms with Crippen LogP contribution < -0.4 is 5.32 Å². The van der Waals surface area contributed by atoms with Gasteiger partial charge in [0.15, 0.2) is 0 Å². The SMILES string of the molecule is COC(=O)C1(C(=O)Nc2cnn(-c3ccccc3)c2)CC2(CCC2)C1. The molecule has 1 spiro atoms. The number of carbonyl (C=O) groups excluding carboxylic acids is 2. The Labute approximate surface area is 146 Å². The summed E-state index contributed by atoms with van der Waals surface area (Å²) in [5, 5.41) is 7.13. The number of ether oxygens (including phenoxy) is 1. The molecule has 0 bridgehead atoms. The number of esters is 1. The third-order valence-corrected chi connectivity index (χ3v) is 5.64. The van der Waals surface area contributed by atoms with Gasteiger partial charge in [0, 0.05) is 0 Å². The minimum atomic E-state index is -1.05. The second kappa shape index (κ2) is 5.72. The van der Waals surface area contributed by atoms with Crippen LogP contribution in [0, 0.1) is 10.8 Å². The highest BCUT2D eigenvalue weighted by Gasteiger charge is 2.65. The Bertz CT molecular complexity index is 800. The largest absolute Gasteiger partial charge is 0.468 e. The van der Waals surface area contributed by atoms with Crippen molar-refractivity contribution < 1.29 is 14.3 Å². The summed E-state index contributed by atoms with van der Waals surface area (Å²) < 4.78 is 6.62. The van der Waals surface area contributed by atoms with Crippen molar-refractivity contribution in [3.05, 3.63) is 42.7 Å². The number of anilines is 1. The molecule has 1 heterocycles. The fourth-order valence-electron chi connectivity index (χ4n) is 4.21. The number of rotatable bonds is 4. The summed E-state index contributed by atoms with van der Waals surface area (Å²) in [6.07, 6.45) is 7.90. The Morgan fingerprint density at radius 2 is 1.92 bits per heavy atom. The highest BCUT2D eigenvalue weighted by atomic mass is 16.5. The molecule has 6 nitrogen and oxygen atoms in total. The van der Waals surface area contributed by atoms with Gasteiger partial charge in [-0.05, 0) is 43.2 Å². The number of benzene rings is 1. The summed E-state index contributed by atoms with van der Waals surface area (Å²) in [4.78, 5) is 25.1. The Morgan fingerprint density at radius 3 is 2.52 bits per heavy atom. The molecule has 0 aliphatic heterocycles. The molecule has 6 heteroatoms. The van der Waals surface area contributed by atoms with Crippen LogP contribution in [0.25, 0.3) is 5.69 Å². The Morgan fingerprint density at radius 1 is 1.20 bits per heavy atom. The molecule has 1 N–H and O–H groups in total. The molecule has 2 fully saturated rings. The van der Waals surface area contributed by atoms with E-state index in [-0.39, 0.29) is 11.3 Å².